The highest BCUT2D eigenvalue weighted by Gasteiger charge is 2.19. The molecule has 0 aliphatic heterocycles. The topological polar surface area (TPSA) is 0 Å². The first-order valence-corrected chi connectivity index (χ1v) is 7.95. The van der Waals surface area contributed by atoms with E-state index in [2.05, 4.69) is 15.9 Å². The molecule has 0 aromatic heterocycles. The highest BCUT2D eigenvalue weighted by atomic mass is 79.9. The van der Waals surface area contributed by atoms with E-state index >= 15 is 0 Å². The van der Waals surface area contributed by atoms with Crippen LogP contribution >= 0.6 is 39.1 Å². The molecule has 0 radical (unpaired) electrons. The van der Waals surface area contributed by atoms with Crippen LogP contribution in [0.1, 0.15) is 16.5 Å². The summed E-state index contributed by atoms with van der Waals surface area (Å²) in [4.78, 5) is 0. The van der Waals surface area contributed by atoms with E-state index in [4.69, 9.17) is 23.2 Å². The fourth-order valence-electron chi connectivity index (χ4n) is 2.39. The normalized spacial score (nSPS) is 12.6. The first kappa shape index (κ1) is 14.8. The van der Waals surface area contributed by atoms with Crippen molar-refractivity contribution in [1.82, 2.24) is 0 Å². The second kappa shape index (κ2) is 5.96. The number of fused-ring (bicyclic) bond motifs is 1. The van der Waals surface area contributed by atoms with E-state index in [0.29, 0.717) is 5.56 Å². The highest BCUT2D eigenvalue weighted by Crippen LogP contribution is 2.38. The predicted octanol–water partition coefficient (Wildman–Crippen LogP) is 6.72. The van der Waals surface area contributed by atoms with Gasteiger partial charge in [0.05, 0.1) is 10.4 Å². The molecular formula is C17H10BrCl2F. The van der Waals surface area contributed by atoms with E-state index in [1.165, 1.54) is 6.07 Å². The van der Waals surface area contributed by atoms with Crippen LogP contribution in [-0.4, -0.2) is 0 Å². The Morgan fingerprint density at radius 1 is 0.857 bits per heavy atom. The second-order valence-electron chi connectivity index (χ2n) is 4.69. The van der Waals surface area contributed by atoms with E-state index in [1.54, 1.807) is 12.1 Å². The molecule has 0 fully saturated rings. The molecular weight excluding hydrogens is 374 g/mol. The molecule has 0 spiro atoms. The molecule has 3 rings (SSSR count). The third kappa shape index (κ3) is 2.68. The first-order chi connectivity index (χ1) is 10.1. The van der Waals surface area contributed by atoms with Crippen LogP contribution in [0.4, 0.5) is 4.39 Å². The van der Waals surface area contributed by atoms with Crippen LogP contribution in [0.2, 0.25) is 5.02 Å². The molecule has 0 nitrogen and oxygen atoms in total. The van der Waals surface area contributed by atoms with E-state index in [1.807, 2.05) is 36.4 Å². The Labute approximate surface area is 140 Å². The van der Waals surface area contributed by atoms with Crippen molar-refractivity contribution in [3.63, 3.8) is 0 Å². The maximum atomic E-state index is 14.2. The molecule has 1 atom stereocenters. The zero-order chi connectivity index (χ0) is 15.0. The van der Waals surface area contributed by atoms with Crippen molar-refractivity contribution in [2.45, 2.75) is 5.38 Å². The third-order valence-corrected chi connectivity index (χ3v) is 4.89. The van der Waals surface area contributed by atoms with Gasteiger partial charge in [-0.25, -0.2) is 4.39 Å². The van der Waals surface area contributed by atoms with Crippen LogP contribution in [0.3, 0.4) is 0 Å². The van der Waals surface area contributed by atoms with Gasteiger partial charge in [0.25, 0.3) is 0 Å². The lowest BCUT2D eigenvalue weighted by Gasteiger charge is -2.15. The van der Waals surface area contributed by atoms with Crippen molar-refractivity contribution in [2.75, 3.05) is 0 Å². The van der Waals surface area contributed by atoms with Gasteiger partial charge in [-0.3, -0.25) is 0 Å². The fraction of sp³-hybridized carbons (Fsp3) is 0.0588. The second-order valence-corrected chi connectivity index (χ2v) is 6.39. The van der Waals surface area contributed by atoms with E-state index in [-0.39, 0.29) is 5.02 Å². The summed E-state index contributed by atoms with van der Waals surface area (Å²) in [5.74, 6) is -0.467. The van der Waals surface area contributed by atoms with Gasteiger partial charge in [-0.15, -0.1) is 11.6 Å². The Kier molecular flexibility index (Phi) is 4.21. The SMILES string of the molecule is Fc1c(Cl)cccc1C(Cl)c1ccc(Br)c2ccccc12. The summed E-state index contributed by atoms with van der Waals surface area (Å²) in [5.41, 5.74) is 1.24. The van der Waals surface area contributed by atoms with Crippen LogP contribution in [0.15, 0.2) is 59.1 Å². The monoisotopic (exact) mass is 382 g/mol. The average Bonchev–Trinajstić information content (AvgIpc) is 2.50. The maximum absolute atomic E-state index is 14.2. The number of alkyl halides is 1. The van der Waals surface area contributed by atoms with Gasteiger partial charge < -0.3 is 0 Å². The number of halogens is 4. The number of rotatable bonds is 2. The van der Waals surface area contributed by atoms with E-state index in [9.17, 15) is 4.39 Å². The molecule has 0 bridgehead atoms. The van der Waals surface area contributed by atoms with Gasteiger partial charge in [0.2, 0.25) is 0 Å². The molecule has 3 aromatic rings. The summed E-state index contributed by atoms with van der Waals surface area (Å²) in [6, 6.07) is 16.6. The number of hydrogen-bond donors (Lipinski definition) is 0. The molecule has 0 heterocycles. The quantitative estimate of drug-likeness (QED) is 0.430. The smallest absolute Gasteiger partial charge is 0.146 e. The molecule has 0 N–H and O–H groups in total. The minimum absolute atomic E-state index is 0.0829. The molecule has 3 aromatic carbocycles. The molecule has 0 amide bonds. The predicted molar refractivity (Wildman–Crippen MR) is 90.8 cm³/mol. The molecule has 0 aliphatic carbocycles. The zero-order valence-electron chi connectivity index (χ0n) is 10.8. The minimum atomic E-state index is -0.596. The number of benzene rings is 3. The van der Waals surface area contributed by atoms with Crippen LogP contribution < -0.4 is 0 Å². The van der Waals surface area contributed by atoms with Crippen molar-refractivity contribution < 1.29 is 4.39 Å². The van der Waals surface area contributed by atoms with Gasteiger partial charge in [-0.05, 0) is 28.5 Å². The summed E-state index contributed by atoms with van der Waals surface area (Å²) in [6.07, 6.45) is 0. The van der Waals surface area contributed by atoms with Crippen LogP contribution in [0.25, 0.3) is 10.8 Å². The van der Waals surface area contributed by atoms with Crippen molar-refractivity contribution >= 4 is 49.9 Å². The third-order valence-electron chi connectivity index (χ3n) is 3.43. The first-order valence-electron chi connectivity index (χ1n) is 6.34. The van der Waals surface area contributed by atoms with Crippen LogP contribution in [-0.2, 0) is 0 Å². The lowest BCUT2D eigenvalue weighted by atomic mass is 9.98. The van der Waals surface area contributed by atoms with Gasteiger partial charge in [0, 0.05) is 10.0 Å². The Morgan fingerprint density at radius 2 is 1.57 bits per heavy atom. The molecule has 0 saturated heterocycles. The molecule has 1 unspecified atom stereocenters. The van der Waals surface area contributed by atoms with Crippen molar-refractivity contribution in [1.29, 1.82) is 0 Å². The summed E-state index contributed by atoms with van der Waals surface area (Å²) in [7, 11) is 0. The van der Waals surface area contributed by atoms with Crippen LogP contribution in [0.5, 0.6) is 0 Å². The molecule has 0 saturated carbocycles. The van der Waals surface area contributed by atoms with Gasteiger partial charge in [-0.1, -0.05) is 70.0 Å². The van der Waals surface area contributed by atoms with Crippen molar-refractivity contribution in [3.05, 3.63) is 81.0 Å². The fourth-order valence-corrected chi connectivity index (χ4v) is 3.41. The van der Waals surface area contributed by atoms with E-state index in [0.717, 1.165) is 20.8 Å². The molecule has 21 heavy (non-hydrogen) atoms. The van der Waals surface area contributed by atoms with Gasteiger partial charge in [-0.2, -0.15) is 0 Å². The standard InChI is InChI=1S/C17H10BrCl2F/c18-14-9-8-12(10-4-1-2-5-11(10)14)16(20)13-6-3-7-15(19)17(13)21/h1-9,16H. The van der Waals surface area contributed by atoms with Crippen LogP contribution in [0, 0.1) is 5.82 Å². The maximum Gasteiger partial charge on any atom is 0.146 e. The Morgan fingerprint density at radius 3 is 2.33 bits per heavy atom. The molecule has 106 valence electrons. The highest BCUT2D eigenvalue weighted by molar-refractivity contribution is 9.10. The lowest BCUT2D eigenvalue weighted by Crippen LogP contribution is -1.99. The Bertz CT molecular complexity index is 817. The van der Waals surface area contributed by atoms with Gasteiger partial charge >= 0.3 is 0 Å². The largest absolute Gasteiger partial charge is 0.205 e. The van der Waals surface area contributed by atoms with Crippen molar-refractivity contribution in [3.8, 4) is 0 Å². The average molecular weight is 384 g/mol. The summed E-state index contributed by atoms with van der Waals surface area (Å²) in [5, 5.41) is 1.52. The Hall–Kier alpha value is -1.09. The van der Waals surface area contributed by atoms with Gasteiger partial charge in [0.1, 0.15) is 5.82 Å². The summed E-state index contributed by atoms with van der Waals surface area (Å²) in [6.45, 7) is 0. The zero-order valence-corrected chi connectivity index (χ0v) is 13.9. The molecule has 0 aliphatic rings. The lowest BCUT2D eigenvalue weighted by molar-refractivity contribution is 0.613. The van der Waals surface area contributed by atoms with Gasteiger partial charge in [0.15, 0.2) is 0 Å². The summed E-state index contributed by atoms with van der Waals surface area (Å²) >= 11 is 15.9. The van der Waals surface area contributed by atoms with E-state index < -0.39 is 11.2 Å². The minimum Gasteiger partial charge on any atom is -0.205 e. The van der Waals surface area contributed by atoms with Crippen molar-refractivity contribution in [2.24, 2.45) is 0 Å². The summed E-state index contributed by atoms with van der Waals surface area (Å²) < 4.78 is 15.2. The number of hydrogen-bond acceptors (Lipinski definition) is 0. The molecule has 4 heteroatoms. The Balaban J connectivity index is 2.21.